The Hall–Kier alpha value is -3.47. The largest absolute Gasteiger partial charge is 0.346 e. The molecule has 0 fully saturated rings. The Balaban J connectivity index is 1.68. The topological polar surface area (TPSA) is 59.4 Å². The van der Waals surface area contributed by atoms with Crippen LogP contribution in [0.5, 0.6) is 0 Å². The third kappa shape index (κ3) is 2.99. The molecule has 144 valence electrons. The molecule has 1 N–H and O–H groups in total. The van der Waals surface area contributed by atoms with Gasteiger partial charge in [-0.2, -0.15) is 0 Å². The second kappa shape index (κ2) is 6.27. The minimum atomic E-state index is -0.0273. The smallest absolute Gasteiger partial charge is 0.137 e. The zero-order chi connectivity index (χ0) is 20.2. The molecule has 0 saturated heterocycles. The van der Waals surface area contributed by atoms with E-state index in [-0.39, 0.29) is 5.54 Å². The molecule has 0 radical (unpaired) electrons. The van der Waals surface area contributed by atoms with E-state index in [0.717, 1.165) is 49.9 Å². The summed E-state index contributed by atoms with van der Waals surface area (Å²) in [5.74, 6) is 0. The molecular weight excluding hydrogens is 358 g/mol. The first-order valence-corrected chi connectivity index (χ1v) is 9.77. The van der Waals surface area contributed by atoms with E-state index >= 15 is 0 Å². The van der Waals surface area contributed by atoms with Crippen LogP contribution >= 0.6 is 0 Å². The first-order chi connectivity index (χ1) is 13.9. The van der Waals surface area contributed by atoms with Crippen LogP contribution in [0.15, 0.2) is 61.4 Å². The third-order valence-corrected chi connectivity index (χ3v) is 5.32. The van der Waals surface area contributed by atoms with E-state index in [1.165, 1.54) is 0 Å². The number of pyridine rings is 2. The van der Waals surface area contributed by atoms with Crippen LogP contribution in [0.3, 0.4) is 0 Å². The van der Waals surface area contributed by atoms with Gasteiger partial charge in [0.05, 0.1) is 17.4 Å². The number of fused-ring (bicyclic) bond motifs is 2. The maximum atomic E-state index is 4.64. The molecule has 5 aromatic rings. The van der Waals surface area contributed by atoms with Gasteiger partial charge in [0.2, 0.25) is 0 Å². The number of H-pyrrole nitrogens is 1. The predicted octanol–water partition coefficient (Wildman–Crippen LogP) is 5.71. The molecule has 0 aliphatic carbocycles. The molecule has 5 rings (SSSR count). The summed E-state index contributed by atoms with van der Waals surface area (Å²) in [6.45, 7) is 8.63. The third-order valence-electron chi connectivity index (χ3n) is 5.32. The van der Waals surface area contributed by atoms with Crippen molar-refractivity contribution < 1.29 is 0 Å². The van der Waals surface area contributed by atoms with Crippen LogP contribution < -0.4 is 0 Å². The van der Waals surface area contributed by atoms with Crippen LogP contribution in [0.4, 0.5) is 0 Å². The van der Waals surface area contributed by atoms with Crippen molar-refractivity contribution >= 4 is 22.1 Å². The second-order valence-electron chi connectivity index (χ2n) is 8.56. The highest BCUT2D eigenvalue weighted by Crippen LogP contribution is 2.33. The van der Waals surface area contributed by atoms with Crippen molar-refractivity contribution in [2.24, 2.45) is 0 Å². The Morgan fingerprint density at radius 1 is 0.897 bits per heavy atom. The molecule has 0 aliphatic heterocycles. The van der Waals surface area contributed by atoms with Gasteiger partial charge in [0, 0.05) is 52.4 Å². The maximum absolute atomic E-state index is 4.64. The van der Waals surface area contributed by atoms with Gasteiger partial charge in [-0.1, -0.05) is 6.07 Å². The molecule has 0 aliphatic rings. The van der Waals surface area contributed by atoms with Gasteiger partial charge in [-0.3, -0.25) is 4.98 Å². The van der Waals surface area contributed by atoms with Crippen molar-refractivity contribution in [3.8, 4) is 22.3 Å². The SMILES string of the molecule is Cc1cncc(-c2cnc3[nH]cc(-c4ccc5ncn(C(C)(C)C)c5c4)c3c2)c1. The van der Waals surface area contributed by atoms with Crippen molar-refractivity contribution in [1.29, 1.82) is 0 Å². The summed E-state index contributed by atoms with van der Waals surface area (Å²) in [7, 11) is 0. The van der Waals surface area contributed by atoms with E-state index in [2.05, 4.69) is 82.5 Å². The number of hydrogen-bond acceptors (Lipinski definition) is 3. The lowest BCUT2D eigenvalue weighted by atomic mass is 10.0. The van der Waals surface area contributed by atoms with Crippen molar-refractivity contribution in [2.75, 3.05) is 0 Å². The molecule has 0 saturated carbocycles. The van der Waals surface area contributed by atoms with Crippen molar-refractivity contribution in [3.05, 3.63) is 67.0 Å². The normalized spacial score (nSPS) is 12.1. The first-order valence-electron chi connectivity index (χ1n) is 9.77. The van der Waals surface area contributed by atoms with Crippen molar-refractivity contribution in [3.63, 3.8) is 0 Å². The summed E-state index contributed by atoms with van der Waals surface area (Å²) in [6, 6.07) is 10.8. The number of hydrogen-bond donors (Lipinski definition) is 1. The Morgan fingerprint density at radius 3 is 2.52 bits per heavy atom. The minimum Gasteiger partial charge on any atom is -0.346 e. The zero-order valence-corrected chi connectivity index (χ0v) is 17.1. The number of benzene rings is 1. The highest BCUT2D eigenvalue weighted by atomic mass is 15.1. The molecule has 5 heteroatoms. The van der Waals surface area contributed by atoms with E-state index in [1.54, 1.807) is 0 Å². The molecule has 0 spiro atoms. The van der Waals surface area contributed by atoms with Gasteiger partial charge in [0.25, 0.3) is 0 Å². The molecule has 5 nitrogen and oxygen atoms in total. The molecular formula is C24H23N5. The van der Waals surface area contributed by atoms with Crippen LogP contribution in [-0.4, -0.2) is 24.5 Å². The molecule has 0 atom stereocenters. The predicted molar refractivity (Wildman–Crippen MR) is 118 cm³/mol. The quantitative estimate of drug-likeness (QED) is 0.426. The van der Waals surface area contributed by atoms with Crippen LogP contribution in [0.25, 0.3) is 44.3 Å². The number of aryl methyl sites for hydroxylation is 1. The molecule has 0 bridgehead atoms. The lowest BCUT2D eigenvalue weighted by molar-refractivity contribution is 0.408. The number of nitrogens with one attached hydrogen (secondary N) is 1. The summed E-state index contributed by atoms with van der Waals surface area (Å²) in [6.07, 6.45) is 9.61. The summed E-state index contributed by atoms with van der Waals surface area (Å²) >= 11 is 0. The van der Waals surface area contributed by atoms with Crippen molar-refractivity contribution in [2.45, 2.75) is 33.2 Å². The summed E-state index contributed by atoms with van der Waals surface area (Å²) in [4.78, 5) is 16.8. The molecule has 4 heterocycles. The van der Waals surface area contributed by atoms with Crippen LogP contribution in [0, 0.1) is 6.92 Å². The lowest BCUT2D eigenvalue weighted by Crippen LogP contribution is -2.20. The fourth-order valence-corrected chi connectivity index (χ4v) is 3.82. The van der Waals surface area contributed by atoms with E-state index in [4.69, 9.17) is 0 Å². The van der Waals surface area contributed by atoms with Crippen molar-refractivity contribution in [1.82, 2.24) is 24.5 Å². The Bertz CT molecular complexity index is 1350. The van der Waals surface area contributed by atoms with Crippen LogP contribution in [0.2, 0.25) is 0 Å². The monoisotopic (exact) mass is 381 g/mol. The number of aromatic nitrogens is 5. The van der Waals surface area contributed by atoms with Gasteiger partial charge < -0.3 is 9.55 Å². The number of rotatable bonds is 2. The van der Waals surface area contributed by atoms with Gasteiger partial charge in [-0.15, -0.1) is 0 Å². The molecule has 29 heavy (non-hydrogen) atoms. The average Bonchev–Trinajstić information content (AvgIpc) is 3.30. The maximum Gasteiger partial charge on any atom is 0.137 e. The lowest BCUT2D eigenvalue weighted by Gasteiger charge is -2.21. The average molecular weight is 381 g/mol. The Kier molecular flexibility index (Phi) is 3.81. The van der Waals surface area contributed by atoms with Gasteiger partial charge in [-0.25, -0.2) is 9.97 Å². The van der Waals surface area contributed by atoms with E-state index in [0.29, 0.717) is 0 Å². The molecule has 0 amide bonds. The van der Waals surface area contributed by atoms with Gasteiger partial charge >= 0.3 is 0 Å². The Labute approximate surface area is 169 Å². The summed E-state index contributed by atoms with van der Waals surface area (Å²) < 4.78 is 2.22. The van der Waals surface area contributed by atoms with E-state index in [9.17, 15) is 0 Å². The number of nitrogens with zero attached hydrogens (tertiary/aromatic N) is 4. The van der Waals surface area contributed by atoms with Gasteiger partial charge in [0.15, 0.2) is 0 Å². The van der Waals surface area contributed by atoms with E-state index in [1.807, 2.05) is 31.1 Å². The van der Waals surface area contributed by atoms with Crippen LogP contribution in [0.1, 0.15) is 26.3 Å². The molecule has 0 unspecified atom stereocenters. The van der Waals surface area contributed by atoms with Gasteiger partial charge in [0.1, 0.15) is 5.65 Å². The highest BCUT2D eigenvalue weighted by molar-refractivity contribution is 5.97. The van der Waals surface area contributed by atoms with Gasteiger partial charge in [-0.05, 0) is 63.1 Å². The number of imidazole rings is 1. The number of aromatic amines is 1. The van der Waals surface area contributed by atoms with E-state index < -0.39 is 0 Å². The fraction of sp³-hybridized carbons (Fsp3) is 0.208. The summed E-state index contributed by atoms with van der Waals surface area (Å²) in [5, 5.41) is 1.10. The highest BCUT2D eigenvalue weighted by Gasteiger charge is 2.17. The fourth-order valence-electron chi connectivity index (χ4n) is 3.82. The second-order valence-corrected chi connectivity index (χ2v) is 8.56. The summed E-state index contributed by atoms with van der Waals surface area (Å²) in [5.41, 5.74) is 8.56. The minimum absolute atomic E-state index is 0.0273. The van der Waals surface area contributed by atoms with Crippen LogP contribution in [-0.2, 0) is 5.54 Å². The first kappa shape index (κ1) is 17.6. The standard InChI is InChI=1S/C24H23N5/c1-15-7-17(11-25-10-15)18-8-19-20(13-27-23(19)26-12-18)16-5-6-21-22(9-16)29(14-28-21)24(2,3)4/h5-14H,1-4H3,(H,26,27). The molecule has 4 aromatic heterocycles. The Morgan fingerprint density at radius 2 is 1.72 bits per heavy atom. The molecule has 1 aromatic carbocycles. The zero-order valence-electron chi connectivity index (χ0n) is 17.1.